The van der Waals surface area contributed by atoms with E-state index in [2.05, 4.69) is 13.5 Å². The van der Waals surface area contributed by atoms with E-state index in [-0.39, 0.29) is 12.6 Å². The number of hydrogen-bond donors (Lipinski definition) is 0. The molecule has 0 spiro atoms. The second-order valence-electron chi connectivity index (χ2n) is 8.23. The van der Waals surface area contributed by atoms with Gasteiger partial charge in [0.15, 0.2) is 0 Å². The lowest BCUT2D eigenvalue weighted by Gasteiger charge is -2.09. The molecule has 0 saturated carbocycles. The van der Waals surface area contributed by atoms with Crippen molar-refractivity contribution in [2.24, 2.45) is 0 Å². The quantitative estimate of drug-likeness (QED) is 0.0620. The molecule has 238 valence electrons. The van der Waals surface area contributed by atoms with E-state index >= 15 is 0 Å². The zero-order valence-electron chi connectivity index (χ0n) is 24.7. The summed E-state index contributed by atoms with van der Waals surface area (Å²) in [6, 6.07) is 0. The molecule has 0 atom stereocenters. The minimum atomic E-state index is -0.159. The Labute approximate surface area is 240 Å². The summed E-state index contributed by atoms with van der Waals surface area (Å²) in [4.78, 5) is 11.4. The predicted octanol–water partition coefficient (Wildman–Crippen LogP) is 2.42. The van der Waals surface area contributed by atoms with E-state index < -0.39 is 0 Å². The Morgan fingerprint density at radius 1 is 0.475 bits per heavy atom. The van der Waals surface area contributed by atoms with Gasteiger partial charge in [-0.2, -0.15) is 0 Å². The molecular weight excluding hydrogens is 528 g/mol. The summed E-state index contributed by atoms with van der Waals surface area (Å²) in [7, 11) is 0. The van der Waals surface area contributed by atoms with Crippen molar-refractivity contribution in [3.05, 3.63) is 12.8 Å². The van der Waals surface area contributed by atoms with Gasteiger partial charge in [-0.05, 0) is 6.42 Å². The Balaban J connectivity index is 3.07. The number of carbonyl (C=O) groups is 1. The van der Waals surface area contributed by atoms with Gasteiger partial charge in [0.05, 0.1) is 125 Å². The Morgan fingerprint density at radius 3 is 1.07 bits per heavy atom. The molecule has 12 heteroatoms. The summed E-state index contributed by atoms with van der Waals surface area (Å²) in [5.41, 5.74) is 0. The first kappa shape index (κ1) is 38.6. The summed E-state index contributed by atoms with van der Waals surface area (Å²) >= 11 is 0. The van der Waals surface area contributed by atoms with E-state index in [0.29, 0.717) is 132 Å². The van der Waals surface area contributed by atoms with Gasteiger partial charge in [-0.25, -0.2) is 0 Å². The third-order valence-electron chi connectivity index (χ3n) is 4.91. The molecule has 0 saturated heterocycles. The van der Waals surface area contributed by atoms with Crippen LogP contribution in [0.5, 0.6) is 0 Å². The molecule has 0 bridgehead atoms. The Kier molecular flexibility index (Phi) is 34.5. The largest absolute Gasteiger partial charge is 0.499 e. The second-order valence-corrected chi connectivity index (χ2v) is 8.23. The summed E-state index contributed by atoms with van der Waals surface area (Å²) in [5, 5.41) is 0. The molecule has 0 heterocycles. The van der Waals surface area contributed by atoms with Crippen molar-refractivity contribution < 1.29 is 56.9 Å². The summed E-state index contributed by atoms with van der Waals surface area (Å²) in [6.07, 6.45) is 4.89. The number of hydrogen-bond acceptors (Lipinski definition) is 12. The molecule has 0 unspecified atom stereocenters. The third kappa shape index (κ3) is 34.7. The van der Waals surface area contributed by atoms with E-state index in [4.69, 9.17) is 52.1 Å². The van der Waals surface area contributed by atoms with Crippen LogP contribution in [0, 0.1) is 0 Å². The Bertz CT molecular complexity index is 510. The maximum absolute atomic E-state index is 11.4. The van der Waals surface area contributed by atoms with Crippen LogP contribution in [0.4, 0.5) is 0 Å². The molecule has 0 aromatic heterocycles. The summed E-state index contributed by atoms with van der Waals surface area (Å²) in [6.45, 7) is 15.3. The van der Waals surface area contributed by atoms with Crippen LogP contribution in [-0.2, 0) is 56.9 Å². The Hall–Kier alpha value is -1.35. The molecular formula is C28H54O12. The van der Waals surface area contributed by atoms with Crippen LogP contribution < -0.4 is 0 Å². The highest BCUT2D eigenvalue weighted by molar-refractivity contribution is 5.69. The number of esters is 1. The predicted molar refractivity (Wildman–Crippen MR) is 149 cm³/mol. The topological polar surface area (TPSA) is 119 Å². The van der Waals surface area contributed by atoms with Gasteiger partial charge in [-0.3, -0.25) is 4.79 Å². The Morgan fingerprint density at radius 2 is 0.775 bits per heavy atom. The number of rotatable bonds is 35. The van der Waals surface area contributed by atoms with Crippen molar-refractivity contribution in [1.82, 2.24) is 0 Å². The third-order valence-corrected chi connectivity index (χ3v) is 4.91. The number of ether oxygens (including phenoxy) is 11. The van der Waals surface area contributed by atoms with Gasteiger partial charge in [0, 0.05) is 6.42 Å². The van der Waals surface area contributed by atoms with Gasteiger partial charge in [0.25, 0.3) is 0 Å². The zero-order valence-corrected chi connectivity index (χ0v) is 24.7. The van der Waals surface area contributed by atoms with Crippen LogP contribution in [0.1, 0.15) is 32.6 Å². The molecule has 0 aliphatic heterocycles. The normalized spacial score (nSPS) is 11.1. The lowest BCUT2D eigenvalue weighted by Crippen LogP contribution is -2.15. The van der Waals surface area contributed by atoms with Crippen molar-refractivity contribution in [2.75, 3.05) is 132 Å². The maximum Gasteiger partial charge on any atom is 0.305 e. The zero-order chi connectivity index (χ0) is 29.0. The highest BCUT2D eigenvalue weighted by atomic mass is 16.6. The lowest BCUT2D eigenvalue weighted by molar-refractivity contribution is -0.145. The van der Waals surface area contributed by atoms with Crippen molar-refractivity contribution in [3.8, 4) is 0 Å². The van der Waals surface area contributed by atoms with Crippen molar-refractivity contribution in [3.63, 3.8) is 0 Å². The standard InChI is InChI=1S/C28H54O12/c1-3-5-6-7-28(29)40-27-26-39-25-24-38-23-22-37-21-20-36-19-18-35-17-16-34-15-14-33-13-12-32-11-10-31-9-8-30-4-2/h4H,2-3,5-27H2,1H3. The van der Waals surface area contributed by atoms with Gasteiger partial charge >= 0.3 is 5.97 Å². The molecule has 0 aliphatic carbocycles. The maximum atomic E-state index is 11.4. The fourth-order valence-electron chi connectivity index (χ4n) is 2.86. The van der Waals surface area contributed by atoms with Crippen molar-refractivity contribution in [1.29, 1.82) is 0 Å². The van der Waals surface area contributed by atoms with Crippen LogP contribution in [0.2, 0.25) is 0 Å². The van der Waals surface area contributed by atoms with Crippen LogP contribution in [-0.4, -0.2) is 138 Å². The number of unbranched alkanes of at least 4 members (excludes halogenated alkanes) is 2. The van der Waals surface area contributed by atoms with Crippen LogP contribution >= 0.6 is 0 Å². The highest BCUT2D eigenvalue weighted by Gasteiger charge is 2.01. The molecule has 12 nitrogen and oxygen atoms in total. The molecule has 0 aromatic carbocycles. The van der Waals surface area contributed by atoms with Crippen LogP contribution in [0.25, 0.3) is 0 Å². The SMILES string of the molecule is C=COCCOCCOCCOCCOCCOCCOCCOCCOCCOCCOC(=O)CCCCC. The molecule has 0 fully saturated rings. The van der Waals surface area contributed by atoms with Crippen LogP contribution in [0.15, 0.2) is 12.8 Å². The fourth-order valence-corrected chi connectivity index (χ4v) is 2.86. The molecule has 0 radical (unpaired) electrons. The highest BCUT2D eigenvalue weighted by Crippen LogP contribution is 2.00. The first-order valence-electron chi connectivity index (χ1n) is 14.4. The van der Waals surface area contributed by atoms with E-state index in [1.54, 1.807) is 0 Å². The first-order valence-corrected chi connectivity index (χ1v) is 14.4. The fraction of sp³-hybridized carbons (Fsp3) is 0.893. The van der Waals surface area contributed by atoms with Gasteiger partial charge < -0.3 is 52.1 Å². The second kappa shape index (κ2) is 35.7. The lowest BCUT2D eigenvalue weighted by atomic mass is 10.2. The molecule has 40 heavy (non-hydrogen) atoms. The van der Waals surface area contributed by atoms with Gasteiger partial charge in [0.2, 0.25) is 0 Å². The monoisotopic (exact) mass is 582 g/mol. The van der Waals surface area contributed by atoms with E-state index in [9.17, 15) is 4.79 Å². The first-order chi connectivity index (χ1) is 19.8. The van der Waals surface area contributed by atoms with E-state index in [1.165, 1.54) is 6.26 Å². The smallest absolute Gasteiger partial charge is 0.305 e. The average Bonchev–Trinajstić information content (AvgIpc) is 2.96. The van der Waals surface area contributed by atoms with Gasteiger partial charge in [-0.15, -0.1) is 0 Å². The van der Waals surface area contributed by atoms with E-state index in [1.807, 2.05) is 0 Å². The molecule has 0 aliphatic rings. The van der Waals surface area contributed by atoms with Gasteiger partial charge in [-0.1, -0.05) is 26.3 Å². The molecule has 0 aromatic rings. The number of carbonyl (C=O) groups excluding carboxylic acids is 1. The minimum Gasteiger partial charge on any atom is -0.499 e. The minimum absolute atomic E-state index is 0.159. The summed E-state index contributed by atoms with van der Waals surface area (Å²) in [5.74, 6) is -0.159. The van der Waals surface area contributed by atoms with Crippen molar-refractivity contribution in [2.45, 2.75) is 32.6 Å². The molecule has 0 amide bonds. The van der Waals surface area contributed by atoms with Crippen LogP contribution in [0.3, 0.4) is 0 Å². The molecule has 0 N–H and O–H groups in total. The van der Waals surface area contributed by atoms with Crippen molar-refractivity contribution >= 4 is 5.97 Å². The summed E-state index contributed by atoms with van der Waals surface area (Å²) < 4.78 is 58.7. The average molecular weight is 583 g/mol. The molecule has 0 rings (SSSR count). The van der Waals surface area contributed by atoms with Gasteiger partial charge in [0.1, 0.15) is 13.2 Å². The van der Waals surface area contributed by atoms with E-state index in [0.717, 1.165) is 19.3 Å².